The van der Waals surface area contributed by atoms with Gasteiger partial charge in [-0.3, -0.25) is 4.79 Å². The van der Waals surface area contributed by atoms with Gasteiger partial charge in [-0.15, -0.1) is 0 Å². The third-order valence-electron chi connectivity index (χ3n) is 2.23. The molecule has 4 heteroatoms. The highest BCUT2D eigenvalue weighted by Crippen LogP contribution is 2.11. The van der Waals surface area contributed by atoms with Crippen LogP contribution in [0.15, 0.2) is 18.2 Å². The molecule has 1 aromatic carbocycles. The van der Waals surface area contributed by atoms with Crippen molar-refractivity contribution in [2.24, 2.45) is 0 Å². The molecule has 1 aromatic rings. The topological polar surface area (TPSA) is 43.4 Å². The molecule has 1 rings (SSSR count). The van der Waals surface area contributed by atoms with E-state index >= 15 is 0 Å². The second kappa shape index (κ2) is 6.87. The Kier molecular flexibility index (Phi) is 5.47. The van der Waals surface area contributed by atoms with E-state index in [4.69, 9.17) is 0 Å². The van der Waals surface area contributed by atoms with Crippen LogP contribution in [0.2, 0.25) is 0 Å². The summed E-state index contributed by atoms with van der Waals surface area (Å²) in [4.78, 5) is 22.1. The summed E-state index contributed by atoms with van der Waals surface area (Å²) in [5.41, 5.74) is 2.25. The lowest BCUT2D eigenvalue weighted by molar-refractivity contribution is -0.109. The van der Waals surface area contributed by atoms with Crippen molar-refractivity contribution in [2.75, 3.05) is 12.9 Å². The molecular weight excluding hydrogens is 248 g/mol. The highest BCUT2D eigenvalue weighted by Gasteiger charge is 2.06. The van der Waals surface area contributed by atoms with Crippen LogP contribution in [-0.2, 0) is 9.53 Å². The first-order valence-corrected chi connectivity index (χ1v) is 6.34. The molecule has 0 aromatic heterocycles. The minimum atomic E-state index is -0.379. The Hall–Kier alpha value is -1.73. The van der Waals surface area contributed by atoms with Crippen molar-refractivity contribution in [2.45, 2.75) is 13.8 Å². The van der Waals surface area contributed by atoms with Gasteiger partial charge in [-0.25, -0.2) is 4.79 Å². The van der Waals surface area contributed by atoms with Crippen LogP contribution in [0.1, 0.15) is 28.4 Å². The van der Waals surface area contributed by atoms with Gasteiger partial charge in [0, 0.05) is 12.5 Å². The first-order valence-electron chi connectivity index (χ1n) is 5.36. The molecule has 0 amide bonds. The molecule has 0 saturated carbocycles. The number of carbonyl (C=O) groups is 2. The number of ether oxygens (including phenoxy) is 1. The summed E-state index contributed by atoms with van der Waals surface area (Å²) in [6, 6.07) is 5.23. The number of hydrogen-bond acceptors (Lipinski definition) is 4. The van der Waals surface area contributed by atoms with E-state index in [0.29, 0.717) is 11.3 Å². The SMILES string of the molecule is COC(=O)c1ccc(C)c(C#CCSC(C)=O)c1. The third-order valence-corrected chi connectivity index (χ3v) is 2.92. The lowest BCUT2D eigenvalue weighted by Gasteiger charge is -2.02. The first-order chi connectivity index (χ1) is 8.54. The van der Waals surface area contributed by atoms with Crippen molar-refractivity contribution < 1.29 is 14.3 Å². The lowest BCUT2D eigenvalue weighted by atomic mass is 10.1. The van der Waals surface area contributed by atoms with E-state index in [9.17, 15) is 9.59 Å². The summed E-state index contributed by atoms with van der Waals surface area (Å²) in [5, 5.41) is 0.0457. The fourth-order valence-electron chi connectivity index (χ4n) is 1.27. The van der Waals surface area contributed by atoms with E-state index in [-0.39, 0.29) is 11.1 Å². The number of aryl methyl sites for hydroxylation is 1. The van der Waals surface area contributed by atoms with Gasteiger partial charge in [-0.1, -0.05) is 29.7 Å². The Morgan fingerprint density at radius 1 is 1.39 bits per heavy atom. The van der Waals surface area contributed by atoms with E-state index in [0.717, 1.165) is 11.1 Å². The predicted molar refractivity (Wildman–Crippen MR) is 72.5 cm³/mol. The Bertz CT molecular complexity index is 524. The molecule has 0 aliphatic carbocycles. The van der Waals surface area contributed by atoms with E-state index in [2.05, 4.69) is 16.6 Å². The van der Waals surface area contributed by atoms with Gasteiger partial charge in [0.05, 0.1) is 18.4 Å². The Balaban J connectivity index is 2.87. The summed E-state index contributed by atoms with van der Waals surface area (Å²) < 4.78 is 4.65. The molecule has 0 saturated heterocycles. The Morgan fingerprint density at radius 2 is 2.11 bits per heavy atom. The van der Waals surface area contributed by atoms with Gasteiger partial charge in [0.1, 0.15) is 0 Å². The van der Waals surface area contributed by atoms with Crippen molar-refractivity contribution in [3.63, 3.8) is 0 Å². The van der Waals surface area contributed by atoms with Crippen LogP contribution in [-0.4, -0.2) is 23.9 Å². The van der Waals surface area contributed by atoms with Crippen LogP contribution < -0.4 is 0 Å². The minimum Gasteiger partial charge on any atom is -0.465 e. The zero-order valence-corrected chi connectivity index (χ0v) is 11.4. The molecule has 94 valence electrons. The van der Waals surface area contributed by atoms with Gasteiger partial charge in [0.15, 0.2) is 5.12 Å². The van der Waals surface area contributed by atoms with Crippen LogP contribution in [0.25, 0.3) is 0 Å². The summed E-state index contributed by atoms with van der Waals surface area (Å²) >= 11 is 1.17. The average Bonchev–Trinajstić information content (AvgIpc) is 2.35. The number of esters is 1. The van der Waals surface area contributed by atoms with E-state index in [1.165, 1.54) is 25.8 Å². The van der Waals surface area contributed by atoms with Crippen molar-refractivity contribution in [1.82, 2.24) is 0 Å². The summed E-state index contributed by atoms with van der Waals surface area (Å²) in [6.07, 6.45) is 0. The standard InChI is InChI=1S/C14H14O3S/c1-10-6-7-13(14(16)17-3)9-12(10)5-4-8-18-11(2)15/h6-7,9H,8H2,1-3H3. The van der Waals surface area contributed by atoms with Gasteiger partial charge in [0.25, 0.3) is 0 Å². The van der Waals surface area contributed by atoms with Gasteiger partial charge < -0.3 is 4.74 Å². The second-order valence-corrected chi connectivity index (χ2v) is 4.76. The average molecular weight is 262 g/mol. The monoisotopic (exact) mass is 262 g/mol. The number of carbonyl (C=O) groups excluding carboxylic acids is 2. The number of methoxy groups -OCH3 is 1. The molecule has 0 heterocycles. The predicted octanol–water partition coefficient (Wildman–Crippen LogP) is 2.41. The molecule has 0 aliphatic heterocycles. The number of hydrogen-bond donors (Lipinski definition) is 0. The highest BCUT2D eigenvalue weighted by atomic mass is 32.2. The third kappa shape index (κ3) is 4.27. The van der Waals surface area contributed by atoms with Crippen LogP contribution in [0.5, 0.6) is 0 Å². The molecule has 0 bridgehead atoms. The molecule has 18 heavy (non-hydrogen) atoms. The molecule has 0 N–H and O–H groups in total. The maximum absolute atomic E-state index is 11.4. The number of rotatable bonds is 2. The quantitative estimate of drug-likeness (QED) is 0.606. The molecular formula is C14H14O3S. The summed E-state index contributed by atoms with van der Waals surface area (Å²) in [5.74, 6) is 5.93. The minimum absolute atomic E-state index is 0.0457. The van der Waals surface area contributed by atoms with Gasteiger partial charge in [-0.05, 0) is 24.6 Å². The maximum atomic E-state index is 11.4. The van der Waals surface area contributed by atoms with Crippen LogP contribution in [0.4, 0.5) is 0 Å². The van der Waals surface area contributed by atoms with Crippen molar-refractivity contribution in [3.05, 3.63) is 34.9 Å². The fraction of sp³-hybridized carbons (Fsp3) is 0.286. The first kappa shape index (κ1) is 14.3. The van der Waals surface area contributed by atoms with Crippen LogP contribution in [0, 0.1) is 18.8 Å². The Labute approximate surface area is 111 Å². The van der Waals surface area contributed by atoms with Crippen molar-refractivity contribution in [3.8, 4) is 11.8 Å². The maximum Gasteiger partial charge on any atom is 0.337 e. The van der Waals surface area contributed by atoms with Crippen molar-refractivity contribution in [1.29, 1.82) is 0 Å². The molecule has 3 nitrogen and oxygen atoms in total. The molecule has 0 radical (unpaired) electrons. The molecule has 0 aliphatic rings. The smallest absolute Gasteiger partial charge is 0.337 e. The van der Waals surface area contributed by atoms with Gasteiger partial charge >= 0.3 is 5.97 Å². The number of benzene rings is 1. The van der Waals surface area contributed by atoms with Crippen molar-refractivity contribution >= 4 is 22.8 Å². The highest BCUT2D eigenvalue weighted by molar-refractivity contribution is 8.13. The van der Waals surface area contributed by atoms with E-state index in [1.54, 1.807) is 12.1 Å². The van der Waals surface area contributed by atoms with E-state index in [1.807, 2.05) is 13.0 Å². The number of thioether (sulfide) groups is 1. The Morgan fingerprint density at radius 3 is 2.72 bits per heavy atom. The fourth-order valence-corrected chi connectivity index (χ4v) is 1.62. The molecule has 0 spiro atoms. The lowest BCUT2D eigenvalue weighted by Crippen LogP contribution is -2.01. The molecule has 0 fully saturated rings. The largest absolute Gasteiger partial charge is 0.465 e. The summed E-state index contributed by atoms with van der Waals surface area (Å²) in [7, 11) is 1.34. The van der Waals surface area contributed by atoms with Gasteiger partial charge in [0.2, 0.25) is 0 Å². The zero-order valence-electron chi connectivity index (χ0n) is 10.6. The van der Waals surface area contributed by atoms with Gasteiger partial charge in [-0.2, -0.15) is 0 Å². The molecule has 0 unspecified atom stereocenters. The zero-order chi connectivity index (χ0) is 13.5. The second-order valence-electron chi connectivity index (χ2n) is 3.60. The van der Waals surface area contributed by atoms with Crippen LogP contribution in [0.3, 0.4) is 0 Å². The summed E-state index contributed by atoms with van der Waals surface area (Å²) in [6.45, 7) is 3.43. The van der Waals surface area contributed by atoms with E-state index < -0.39 is 0 Å². The normalized spacial score (nSPS) is 9.28. The van der Waals surface area contributed by atoms with Crippen LogP contribution >= 0.6 is 11.8 Å². The molecule has 0 atom stereocenters.